The number of hydrogen-bond acceptors (Lipinski definition) is 6. The van der Waals surface area contributed by atoms with E-state index in [9.17, 15) is 14.3 Å². The zero-order valence-corrected chi connectivity index (χ0v) is 20.1. The number of halogens is 1. The highest BCUT2D eigenvalue weighted by atomic mass is 32.1. The maximum atomic E-state index is 13.4. The van der Waals surface area contributed by atoms with Gasteiger partial charge >= 0.3 is 0 Å². The van der Waals surface area contributed by atoms with Crippen LogP contribution in [0.5, 0.6) is 5.75 Å². The van der Waals surface area contributed by atoms with Crippen LogP contribution in [0.1, 0.15) is 30.3 Å². The maximum Gasteiger partial charge on any atom is 0.237 e. The number of hydrogen-bond donors (Lipinski definition) is 1. The summed E-state index contributed by atoms with van der Waals surface area (Å²) >= 11 is 1.70. The highest BCUT2D eigenvalue weighted by molar-refractivity contribution is 7.10. The number of aliphatic hydroxyl groups is 1. The molecule has 0 saturated carbocycles. The molecule has 0 unspecified atom stereocenters. The number of rotatable bonds is 12. The third-order valence-electron chi connectivity index (χ3n) is 5.70. The summed E-state index contributed by atoms with van der Waals surface area (Å²) in [6.07, 6.45) is 1.76. The number of nitrogens with zero attached hydrogens (tertiary/aromatic N) is 2. The molecule has 6 nitrogen and oxygen atoms in total. The number of carbonyl (C=O) groups excluding carboxylic acids is 1. The monoisotopic (exact) mass is 476 g/mol. The van der Waals surface area contributed by atoms with E-state index in [1.165, 1.54) is 17.0 Å². The fraction of sp³-hybridized carbons (Fsp3) is 0.480. The highest BCUT2D eigenvalue weighted by Gasteiger charge is 2.33. The minimum Gasteiger partial charge on any atom is -0.491 e. The van der Waals surface area contributed by atoms with Gasteiger partial charge in [0.1, 0.15) is 18.2 Å². The Morgan fingerprint density at radius 2 is 2.12 bits per heavy atom. The number of benzene rings is 1. The van der Waals surface area contributed by atoms with E-state index in [2.05, 4.69) is 12.6 Å². The number of ether oxygens (including phenoxy) is 2. The first-order valence-corrected chi connectivity index (χ1v) is 12.1. The van der Waals surface area contributed by atoms with Crippen molar-refractivity contribution in [2.45, 2.75) is 38.5 Å². The Morgan fingerprint density at radius 3 is 2.82 bits per heavy atom. The lowest BCUT2D eigenvalue weighted by atomic mass is 10.00. The summed E-state index contributed by atoms with van der Waals surface area (Å²) in [6, 6.07) is 7.83. The lowest BCUT2D eigenvalue weighted by Gasteiger charge is -2.38. The molecular weight excluding hydrogens is 443 g/mol. The molecule has 33 heavy (non-hydrogen) atoms. The molecule has 0 bridgehead atoms. The van der Waals surface area contributed by atoms with Crippen molar-refractivity contribution in [3.63, 3.8) is 0 Å². The number of amides is 1. The Labute approximate surface area is 199 Å². The molecular formula is C25H33FN2O4S. The lowest BCUT2D eigenvalue weighted by molar-refractivity contribution is -0.137. The zero-order chi connectivity index (χ0) is 23.8. The molecule has 3 rings (SSSR count). The predicted molar refractivity (Wildman–Crippen MR) is 128 cm³/mol. The molecule has 1 N–H and O–H groups in total. The van der Waals surface area contributed by atoms with Crippen LogP contribution < -0.4 is 4.74 Å². The van der Waals surface area contributed by atoms with Gasteiger partial charge in [-0.15, -0.1) is 17.9 Å². The second-order valence-electron chi connectivity index (χ2n) is 8.42. The van der Waals surface area contributed by atoms with Gasteiger partial charge in [0.2, 0.25) is 5.91 Å². The first-order chi connectivity index (χ1) is 15.9. The normalized spacial score (nSPS) is 16.7. The number of aliphatic hydroxyl groups excluding tert-OH is 1. The van der Waals surface area contributed by atoms with Gasteiger partial charge < -0.3 is 19.5 Å². The van der Waals surface area contributed by atoms with Crippen LogP contribution in [-0.4, -0.2) is 72.4 Å². The van der Waals surface area contributed by atoms with Gasteiger partial charge in [-0.25, -0.2) is 4.39 Å². The minimum atomic E-state index is -0.692. The number of fused-ring (bicyclic) bond motifs is 1. The smallest absolute Gasteiger partial charge is 0.237 e. The fourth-order valence-electron chi connectivity index (χ4n) is 3.91. The summed E-state index contributed by atoms with van der Waals surface area (Å²) in [5, 5.41) is 12.4. The molecule has 0 fully saturated rings. The third kappa shape index (κ3) is 7.11. The maximum absolute atomic E-state index is 13.4. The van der Waals surface area contributed by atoms with E-state index in [-0.39, 0.29) is 37.0 Å². The van der Waals surface area contributed by atoms with Crippen molar-refractivity contribution in [1.29, 1.82) is 0 Å². The summed E-state index contributed by atoms with van der Waals surface area (Å²) in [5.74, 6) is 0.243. The summed E-state index contributed by atoms with van der Waals surface area (Å²) < 4.78 is 24.5. The third-order valence-corrected chi connectivity index (χ3v) is 6.69. The highest BCUT2D eigenvalue weighted by Crippen LogP contribution is 2.34. The molecule has 1 aromatic carbocycles. The van der Waals surface area contributed by atoms with E-state index in [0.717, 1.165) is 12.0 Å². The van der Waals surface area contributed by atoms with Crippen LogP contribution in [0, 0.1) is 5.82 Å². The van der Waals surface area contributed by atoms with Gasteiger partial charge in [-0.05, 0) is 61.5 Å². The minimum absolute atomic E-state index is 0.00698. The zero-order valence-electron chi connectivity index (χ0n) is 19.3. The molecule has 1 aliphatic rings. The van der Waals surface area contributed by atoms with Gasteiger partial charge in [-0.1, -0.05) is 6.08 Å². The summed E-state index contributed by atoms with van der Waals surface area (Å²) in [4.78, 5) is 18.5. The Kier molecular flexibility index (Phi) is 9.43. The number of carbonyl (C=O) groups is 1. The van der Waals surface area contributed by atoms with Crippen molar-refractivity contribution in [2.24, 2.45) is 0 Å². The Balaban J connectivity index is 1.67. The average Bonchev–Trinajstić information content (AvgIpc) is 3.27. The van der Waals surface area contributed by atoms with Crippen molar-refractivity contribution in [3.8, 4) is 5.75 Å². The Bertz CT molecular complexity index is 902. The van der Waals surface area contributed by atoms with Crippen LogP contribution >= 0.6 is 11.3 Å². The van der Waals surface area contributed by atoms with Gasteiger partial charge in [0.05, 0.1) is 31.9 Å². The van der Waals surface area contributed by atoms with E-state index >= 15 is 0 Å². The molecule has 0 spiro atoms. The van der Waals surface area contributed by atoms with E-state index in [1.807, 2.05) is 29.0 Å². The van der Waals surface area contributed by atoms with Crippen LogP contribution in [0.3, 0.4) is 0 Å². The summed E-state index contributed by atoms with van der Waals surface area (Å²) in [5.41, 5.74) is 1.11. The van der Waals surface area contributed by atoms with Crippen molar-refractivity contribution in [3.05, 3.63) is 64.6 Å². The van der Waals surface area contributed by atoms with Crippen LogP contribution in [0.4, 0.5) is 4.39 Å². The standard InChI is InChI=1S/C25H33FN2O4S/c1-4-12-31-16-20(29)14-27(18(2)3)15-25(30)28-11-9-24-22(10-13-33-24)23(28)17-32-21-7-5-19(26)6-8-21/h4-8,10,13,18,20,23,29H,1,9,11-12,14-17H2,2-3H3/t20-,23+/m1/s1. The molecule has 2 heterocycles. The summed E-state index contributed by atoms with van der Waals surface area (Å²) in [7, 11) is 0. The second kappa shape index (κ2) is 12.3. The molecule has 1 aromatic heterocycles. The molecule has 0 saturated heterocycles. The molecule has 2 aromatic rings. The average molecular weight is 477 g/mol. The van der Waals surface area contributed by atoms with Crippen LogP contribution in [0.2, 0.25) is 0 Å². The molecule has 0 aliphatic carbocycles. The van der Waals surface area contributed by atoms with Gasteiger partial charge in [0, 0.05) is 24.0 Å². The van der Waals surface area contributed by atoms with Crippen molar-refractivity contribution in [2.75, 3.05) is 39.5 Å². The molecule has 1 amide bonds. The van der Waals surface area contributed by atoms with Gasteiger partial charge in [-0.2, -0.15) is 0 Å². The Morgan fingerprint density at radius 1 is 1.36 bits per heavy atom. The van der Waals surface area contributed by atoms with Crippen molar-refractivity contribution in [1.82, 2.24) is 9.80 Å². The topological polar surface area (TPSA) is 62.2 Å². The van der Waals surface area contributed by atoms with Crippen molar-refractivity contribution >= 4 is 17.2 Å². The quantitative estimate of drug-likeness (QED) is 0.374. The molecule has 8 heteroatoms. The van der Waals surface area contributed by atoms with Crippen LogP contribution in [0.15, 0.2) is 48.4 Å². The van der Waals surface area contributed by atoms with Gasteiger partial charge in [-0.3, -0.25) is 9.69 Å². The molecule has 2 atom stereocenters. The van der Waals surface area contributed by atoms with E-state index in [1.54, 1.807) is 29.5 Å². The molecule has 180 valence electrons. The molecule has 0 radical (unpaired) electrons. The fourth-order valence-corrected chi connectivity index (χ4v) is 4.84. The molecule has 1 aliphatic heterocycles. The summed E-state index contributed by atoms with van der Waals surface area (Å²) in [6.45, 7) is 9.63. The van der Waals surface area contributed by atoms with Crippen LogP contribution in [-0.2, 0) is 16.0 Å². The largest absolute Gasteiger partial charge is 0.491 e. The second-order valence-corrected chi connectivity index (χ2v) is 9.42. The van der Waals surface area contributed by atoms with E-state index in [0.29, 0.717) is 32.1 Å². The SMILES string of the molecule is C=CCOC[C@H](O)CN(CC(=O)N1CCc2sccc2[C@@H]1COc1ccc(F)cc1)C(C)C. The van der Waals surface area contributed by atoms with Gasteiger partial charge in [0.25, 0.3) is 0 Å². The van der Waals surface area contributed by atoms with E-state index < -0.39 is 6.10 Å². The van der Waals surface area contributed by atoms with Crippen molar-refractivity contribution < 1.29 is 23.8 Å². The number of thiophene rings is 1. The van der Waals surface area contributed by atoms with Crippen LogP contribution in [0.25, 0.3) is 0 Å². The first kappa shape index (κ1) is 25.4. The lowest BCUT2D eigenvalue weighted by Crippen LogP contribution is -2.49. The Hall–Kier alpha value is -2.26. The van der Waals surface area contributed by atoms with Gasteiger partial charge in [0.15, 0.2) is 0 Å². The predicted octanol–water partition coefficient (Wildman–Crippen LogP) is 3.67. The first-order valence-electron chi connectivity index (χ1n) is 11.2. The van der Waals surface area contributed by atoms with E-state index in [4.69, 9.17) is 9.47 Å².